The van der Waals surface area contributed by atoms with Gasteiger partial charge in [0.2, 0.25) is 0 Å². The van der Waals surface area contributed by atoms with Crippen LogP contribution in [0.5, 0.6) is 0 Å². The fraction of sp³-hybridized carbons (Fsp3) is 0.200. The van der Waals surface area contributed by atoms with Crippen molar-refractivity contribution in [2.24, 2.45) is 0 Å². The number of fused-ring (bicyclic) bond motifs is 1. The van der Waals surface area contributed by atoms with E-state index in [9.17, 15) is 9.18 Å². The first kappa shape index (κ1) is 10.6. The van der Waals surface area contributed by atoms with Gasteiger partial charge in [-0.1, -0.05) is 5.16 Å². The Hall–Kier alpha value is -1.95. The van der Waals surface area contributed by atoms with Crippen LogP contribution in [0.25, 0.3) is 11.0 Å². The van der Waals surface area contributed by atoms with Crippen LogP contribution in [-0.4, -0.2) is 30.3 Å². The van der Waals surface area contributed by atoms with Crippen LogP contribution in [0.2, 0.25) is 0 Å². The normalized spacial score (nSPS) is 10.7. The summed E-state index contributed by atoms with van der Waals surface area (Å²) in [6.45, 7) is 0. The molecule has 0 N–H and O–H groups in total. The molecule has 5 nitrogen and oxygen atoms in total. The van der Waals surface area contributed by atoms with Crippen LogP contribution in [0.1, 0.15) is 10.5 Å². The topological polar surface area (TPSA) is 55.6 Å². The minimum absolute atomic E-state index is 0.0267. The van der Waals surface area contributed by atoms with E-state index in [2.05, 4.69) is 5.16 Å². The minimum Gasteiger partial charge on any atom is -0.355 e. The van der Waals surface area contributed by atoms with Crippen LogP contribution in [-0.2, 0) is 4.84 Å². The van der Waals surface area contributed by atoms with E-state index in [0.717, 1.165) is 5.06 Å². The predicted molar refractivity (Wildman–Crippen MR) is 53.1 cm³/mol. The van der Waals surface area contributed by atoms with Crippen molar-refractivity contribution in [2.75, 3.05) is 14.2 Å². The lowest BCUT2D eigenvalue weighted by molar-refractivity contribution is -0.0761. The van der Waals surface area contributed by atoms with Crippen molar-refractivity contribution in [3.63, 3.8) is 0 Å². The Labute approximate surface area is 90.3 Å². The molecule has 1 heterocycles. The summed E-state index contributed by atoms with van der Waals surface area (Å²) >= 11 is 0. The molecule has 0 fully saturated rings. The van der Waals surface area contributed by atoms with Crippen LogP contribution in [0.4, 0.5) is 4.39 Å². The maximum Gasteiger partial charge on any atom is 0.299 e. The van der Waals surface area contributed by atoms with E-state index in [0.29, 0.717) is 11.0 Å². The highest BCUT2D eigenvalue weighted by Gasteiger charge is 2.20. The highest BCUT2D eigenvalue weighted by atomic mass is 19.1. The molecule has 1 aromatic carbocycles. The average molecular weight is 224 g/mol. The monoisotopic (exact) mass is 224 g/mol. The summed E-state index contributed by atoms with van der Waals surface area (Å²) in [5.74, 6) is -0.948. The Bertz CT molecular complexity index is 538. The summed E-state index contributed by atoms with van der Waals surface area (Å²) in [5.41, 5.74) is 0.383. The zero-order valence-electron chi connectivity index (χ0n) is 8.73. The van der Waals surface area contributed by atoms with Crippen molar-refractivity contribution >= 4 is 16.9 Å². The molecule has 0 atom stereocenters. The van der Waals surface area contributed by atoms with E-state index in [1.807, 2.05) is 0 Å². The third-order valence-electron chi connectivity index (χ3n) is 2.19. The Kier molecular flexibility index (Phi) is 2.57. The number of amides is 1. The number of nitrogens with zero attached hydrogens (tertiary/aromatic N) is 2. The first-order valence-corrected chi connectivity index (χ1v) is 4.50. The van der Waals surface area contributed by atoms with Crippen LogP contribution >= 0.6 is 0 Å². The van der Waals surface area contributed by atoms with Gasteiger partial charge in [0.15, 0.2) is 11.3 Å². The quantitative estimate of drug-likeness (QED) is 0.727. The molecular formula is C10H9FN2O3. The van der Waals surface area contributed by atoms with Crippen molar-refractivity contribution in [3.8, 4) is 0 Å². The van der Waals surface area contributed by atoms with Crippen LogP contribution < -0.4 is 0 Å². The lowest BCUT2D eigenvalue weighted by Gasteiger charge is -2.11. The summed E-state index contributed by atoms with van der Waals surface area (Å²) in [7, 11) is 2.78. The highest BCUT2D eigenvalue weighted by Crippen LogP contribution is 2.20. The molecular weight excluding hydrogens is 215 g/mol. The fourth-order valence-electron chi connectivity index (χ4n) is 1.30. The molecule has 0 aliphatic heterocycles. The second-order valence-electron chi connectivity index (χ2n) is 3.16. The van der Waals surface area contributed by atoms with Gasteiger partial charge < -0.3 is 4.52 Å². The molecule has 2 rings (SSSR count). The number of hydrogen-bond acceptors (Lipinski definition) is 4. The molecule has 0 aliphatic carbocycles. The van der Waals surface area contributed by atoms with E-state index in [1.165, 1.54) is 32.4 Å². The maximum atomic E-state index is 13.0. The third kappa shape index (κ3) is 1.63. The van der Waals surface area contributed by atoms with Gasteiger partial charge in [-0.25, -0.2) is 9.45 Å². The molecule has 1 aromatic heterocycles. The molecule has 2 aromatic rings. The molecule has 0 aliphatic rings. The standard InChI is InChI=1S/C10H9FN2O3/c1-13(15-2)10(14)9-7-5-6(11)3-4-8(7)16-12-9/h3-5H,1-2H3. The Morgan fingerprint density at radius 2 is 2.31 bits per heavy atom. The smallest absolute Gasteiger partial charge is 0.299 e. The number of hydroxylamine groups is 2. The second-order valence-corrected chi connectivity index (χ2v) is 3.16. The van der Waals surface area contributed by atoms with Gasteiger partial charge >= 0.3 is 0 Å². The van der Waals surface area contributed by atoms with Crippen molar-refractivity contribution in [1.82, 2.24) is 10.2 Å². The molecule has 0 spiro atoms. The number of carbonyl (C=O) groups is 1. The first-order valence-electron chi connectivity index (χ1n) is 4.50. The van der Waals surface area contributed by atoms with Gasteiger partial charge in [-0.3, -0.25) is 9.63 Å². The number of aromatic nitrogens is 1. The second kappa shape index (κ2) is 3.90. The number of hydrogen-bond donors (Lipinski definition) is 0. The molecule has 0 unspecified atom stereocenters. The zero-order valence-corrected chi connectivity index (χ0v) is 8.73. The summed E-state index contributed by atoms with van der Waals surface area (Å²) in [6, 6.07) is 3.85. The SMILES string of the molecule is CON(C)C(=O)c1noc2ccc(F)cc12. The van der Waals surface area contributed by atoms with Gasteiger partial charge in [-0.2, -0.15) is 0 Å². The van der Waals surface area contributed by atoms with Gasteiger partial charge in [0.05, 0.1) is 12.5 Å². The summed E-state index contributed by atoms with van der Waals surface area (Å²) < 4.78 is 17.9. The average Bonchev–Trinajstić information content (AvgIpc) is 2.69. The number of carbonyl (C=O) groups excluding carboxylic acids is 1. The van der Waals surface area contributed by atoms with Gasteiger partial charge in [0.25, 0.3) is 5.91 Å². The summed E-state index contributed by atoms with van der Waals surface area (Å²) in [4.78, 5) is 16.4. The van der Waals surface area contributed by atoms with E-state index in [1.54, 1.807) is 0 Å². The molecule has 1 amide bonds. The van der Waals surface area contributed by atoms with Crippen molar-refractivity contribution in [3.05, 3.63) is 29.7 Å². The Balaban J connectivity index is 2.53. The minimum atomic E-state index is -0.494. The molecule has 0 bridgehead atoms. The van der Waals surface area contributed by atoms with Gasteiger partial charge in [0, 0.05) is 7.05 Å². The highest BCUT2D eigenvalue weighted by molar-refractivity contribution is 6.03. The predicted octanol–water partition coefficient (Wildman–Crippen LogP) is 1.60. The third-order valence-corrected chi connectivity index (χ3v) is 2.19. The van der Waals surface area contributed by atoms with Gasteiger partial charge in [0.1, 0.15) is 5.82 Å². The van der Waals surface area contributed by atoms with Crippen LogP contribution in [0.3, 0.4) is 0 Å². The van der Waals surface area contributed by atoms with Crippen molar-refractivity contribution in [2.45, 2.75) is 0 Å². The lowest BCUT2D eigenvalue weighted by atomic mass is 10.2. The first-order chi connectivity index (χ1) is 7.63. The van der Waals surface area contributed by atoms with Gasteiger partial charge in [-0.15, -0.1) is 0 Å². The molecule has 16 heavy (non-hydrogen) atoms. The van der Waals surface area contributed by atoms with Crippen LogP contribution in [0, 0.1) is 5.82 Å². The van der Waals surface area contributed by atoms with E-state index in [-0.39, 0.29) is 5.69 Å². The van der Waals surface area contributed by atoms with Crippen molar-refractivity contribution in [1.29, 1.82) is 0 Å². The van der Waals surface area contributed by atoms with Gasteiger partial charge in [-0.05, 0) is 18.2 Å². The number of benzene rings is 1. The lowest BCUT2D eigenvalue weighted by Crippen LogP contribution is -2.25. The molecule has 6 heteroatoms. The zero-order chi connectivity index (χ0) is 11.7. The molecule has 0 radical (unpaired) electrons. The van der Waals surface area contributed by atoms with E-state index in [4.69, 9.17) is 9.36 Å². The summed E-state index contributed by atoms with van der Waals surface area (Å²) in [5, 5.41) is 4.91. The fourth-order valence-corrected chi connectivity index (χ4v) is 1.30. The number of rotatable bonds is 2. The molecule has 0 saturated carbocycles. The van der Waals surface area contributed by atoms with Crippen molar-refractivity contribution < 1.29 is 18.5 Å². The van der Waals surface area contributed by atoms with E-state index < -0.39 is 11.7 Å². The largest absolute Gasteiger partial charge is 0.355 e. The number of halogens is 1. The molecule has 0 saturated heterocycles. The molecule has 84 valence electrons. The Morgan fingerprint density at radius 3 is 3.00 bits per heavy atom. The maximum absolute atomic E-state index is 13.0. The van der Waals surface area contributed by atoms with Crippen LogP contribution in [0.15, 0.2) is 22.7 Å². The van der Waals surface area contributed by atoms with E-state index >= 15 is 0 Å². The Morgan fingerprint density at radius 1 is 1.56 bits per heavy atom. The summed E-state index contributed by atoms with van der Waals surface area (Å²) in [6.07, 6.45) is 0.